The highest BCUT2D eigenvalue weighted by molar-refractivity contribution is 6.01. The van der Waals surface area contributed by atoms with Gasteiger partial charge in [-0.2, -0.15) is 0 Å². The molecule has 1 aromatic heterocycles. The van der Waals surface area contributed by atoms with Crippen LogP contribution in [0.1, 0.15) is 17.3 Å². The normalized spacial score (nSPS) is 12.0. The molecule has 2 heterocycles. The molecule has 0 bridgehead atoms. The van der Waals surface area contributed by atoms with Crippen LogP contribution in [0, 0.1) is 0 Å². The van der Waals surface area contributed by atoms with Crippen molar-refractivity contribution in [3.63, 3.8) is 0 Å². The van der Waals surface area contributed by atoms with Gasteiger partial charge in [-0.05, 0) is 30.3 Å². The molecule has 7 nitrogen and oxygen atoms in total. The fourth-order valence-corrected chi connectivity index (χ4v) is 3.17. The van der Waals surface area contributed by atoms with E-state index in [1.165, 1.54) is 6.92 Å². The molecule has 1 aliphatic rings. The number of rotatable bonds is 5. The molecule has 1 aliphatic heterocycles. The first kappa shape index (κ1) is 17.8. The summed E-state index contributed by atoms with van der Waals surface area (Å²) >= 11 is 0. The highest BCUT2D eigenvalue weighted by Crippen LogP contribution is 2.32. The molecule has 0 saturated heterocycles. The van der Waals surface area contributed by atoms with Crippen LogP contribution >= 0.6 is 0 Å². The van der Waals surface area contributed by atoms with E-state index < -0.39 is 0 Å². The van der Waals surface area contributed by atoms with Gasteiger partial charge in [-0.15, -0.1) is 0 Å². The number of nitrogens with one attached hydrogen (secondary N) is 1. The number of carbonyl (C=O) groups excluding carboxylic acids is 2. The van der Waals surface area contributed by atoms with Crippen molar-refractivity contribution in [2.75, 3.05) is 24.8 Å². The van der Waals surface area contributed by atoms with E-state index in [1.807, 2.05) is 30.3 Å². The Labute approximate surface area is 161 Å². The third-order valence-corrected chi connectivity index (χ3v) is 4.54. The second-order valence-corrected chi connectivity index (χ2v) is 6.35. The number of nitrogens with zero attached hydrogens (tertiary/aromatic N) is 2. The zero-order valence-electron chi connectivity index (χ0n) is 15.3. The molecular weight excluding hydrogens is 358 g/mol. The fourth-order valence-electron chi connectivity index (χ4n) is 3.17. The van der Waals surface area contributed by atoms with Crippen LogP contribution < -0.4 is 19.7 Å². The van der Waals surface area contributed by atoms with Gasteiger partial charge in [0.2, 0.25) is 12.7 Å². The summed E-state index contributed by atoms with van der Waals surface area (Å²) in [6, 6.07) is 14.5. The average molecular weight is 377 g/mol. The first-order chi connectivity index (χ1) is 13.6. The van der Waals surface area contributed by atoms with Gasteiger partial charge in [-0.3, -0.25) is 14.6 Å². The molecule has 0 aliphatic carbocycles. The van der Waals surface area contributed by atoms with E-state index in [1.54, 1.807) is 29.3 Å². The number of fused-ring (bicyclic) bond motifs is 2. The predicted octanol–water partition coefficient (Wildman–Crippen LogP) is 2.75. The Kier molecular flexibility index (Phi) is 4.80. The number of carbonyl (C=O) groups is 2. The molecular formula is C21H19N3O4. The van der Waals surface area contributed by atoms with Crippen molar-refractivity contribution in [3.05, 3.63) is 60.3 Å². The van der Waals surface area contributed by atoms with Gasteiger partial charge in [0.15, 0.2) is 11.5 Å². The summed E-state index contributed by atoms with van der Waals surface area (Å²) in [5.41, 5.74) is 1.95. The standard InChI is InChI=1S/C21H19N3O4/c1-14(25)24(17-6-2-4-15-5-3-9-22-20(15)17)11-10-23-21(26)16-7-8-18-19(12-16)28-13-27-18/h2-9,12H,10-11,13H2,1H3,(H,23,26). The highest BCUT2D eigenvalue weighted by Gasteiger charge is 2.18. The third-order valence-electron chi connectivity index (χ3n) is 4.54. The summed E-state index contributed by atoms with van der Waals surface area (Å²) in [6.07, 6.45) is 1.70. The number of benzene rings is 2. The molecule has 0 spiro atoms. The van der Waals surface area contributed by atoms with E-state index in [9.17, 15) is 9.59 Å². The Morgan fingerprint density at radius 3 is 2.79 bits per heavy atom. The Morgan fingerprint density at radius 1 is 1.11 bits per heavy atom. The molecule has 7 heteroatoms. The van der Waals surface area contributed by atoms with E-state index in [0.717, 1.165) is 16.6 Å². The third kappa shape index (κ3) is 3.46. The molecule has 1 N–H and O–H groups in total. The topological polar surface area (TPSA) is 80.8 Å². The second-order valence-electron chi connectivity index (χ2n) is 6.35. The van der Waals surface area contributed by atoms with Crippen LogP contribution in [0.4, 0.5) is 5.69 Å². The molecule has 0 fully saturated rings. The van der Waals surface area contributed by atoms with E-state index in [0.29, 0.717) is 30.2 Å². The van der Waals surface area contributed by atoms with E-state index in [4.69, 9.17) is 9.47 Å². The van der Waals surface area contributed by atoms with Gasteiger partial charge in [0.1, 0.15) is 0 Å². The van der Waals surface area contributed by atoms with Crippen molar-refractivity contribution in [2.24, 2.45) is 0 Å². The number of anilines is 1. The van der Waals surface area contributed by atoms with Crippen LogP contribution in [0.3, 0.4) is 0 Å². The Bertz CT molecular complexity index is 1050. The lowest BCUT2D eigenvalue weighted by Gasteiger charge is -2.22. The number of para-hydroxylation sites is 1. The number of pyridine rings is 1. The molecule has 2 aromatic carbocycles. The molecule has 0 radical (unpaired) electrons. The van der Waals surface area contributed by atoms with Crippen molar-refractivity contribution in [3.8, 4) is 11.5 Å². The lowest BCUT2D eigenvalue weighted by Crippen LogP contribution is -2.37. The smallest absolute Gasteiger partial charge is 0.251 e. The molecule has 0 unspecified atom stereocenters. The zero-order chi connectivity index (χ0) is 19.5. The monoisotopic (exact) mass is 377 g/mol. The average Bonchev–Trinajstić information content (AvgIpc) is 3.18. The summed E-state index contributed by atoms with van der Waals surface area (Å²) in [4.78, 5) is 30.7. The van der Waals surface area contributed by atoms with Crippen LogP contribution in [-0.4, -0.2) is 36.7 Å². The Balaban J connectivity index is 1.46. The summed E-state index contributed by atoms with van der Waals surface area (Å²) in [5.74, 6) is 0.830. The van der Waals surface area contributed by atoms with Crippen LogP contribution in [0.25, 0.3) is 10.9 Å². The van der Waals surface area contributed by atoms with Crippen LogP contribution in [0.2, 0.25) is 0 Å². The number of amides is 2. The van der Waals surface area contributed by atoms with E-state index in [2.05, 4.69) is 10.3 Å². The van der Waals surface area contributed by atoms with Gasteiger partial charge in [0, 0.05) is 37.2 Å². The van der Waals surface area contributed by atoms with Gasteiger partial charge >= 0.3 is 0 Å². The van der Waals surface area contributed by atoms with Gasteiger partial charge in [-0.25, -0.2) is 0 Å². The zero-order valence-corrected chi connectivity index (χ0v) is 15.3. The van der Waals surface area contributed by atoms with Gasteiger partial charge in [0.05, 0.1) is 11.2 Å². The van der Waals surface area contributed by atoms with Gasteiger partial charge in [-0.1, -0.05) is 18.2 Å². The first-order valence-electron chi connectivity index (χ1n) is 8.93. The summed E-state index contributed by atoms with van der Waals surface area (Å²) in [5, 5.41) is 3.80. The second kappa shape index (κ2) is 7.56. The SMILES string of the molecule is CC(=O)N(CCNC(=O)c1ccc2c(c1)OCO2)c1cccc2cccnc12. The van der Waals surface area contributed by atoms with Crippen molar-refractivity contribution >= 4 is 28.4 Å². The number of ether oxygens (including phenoxy) is 2. The summed E-state index contributed by atoms with van der Waals surface area (Å²) in [7, 11) is 0. The van der Waals surface area contributed by atoms with Crippen molar-refractivity contribution in [1.29, 1.82) is 0 Å². The number of aromatic nitrogens is 1. The predicted molar refractivity (Wildman–Crippen MR) is 105 cm³/mol. The number of hydrogen-bond donors (Lipinski definition) is 1. The Hall–Kier alpha value is -3.61. The van der Waals surface area contributed by atoms with Crippen molar-refractivity contribution < 1.29 is 19.1 Å². The molecule has 0 atom stereocenters. The highest BCUT2D eigenvalue weighted by atomic mass is 16.7. The molecule has 3 aromatic rings. The quantitative estimate of drug-likeness (QED) is 0.739. The van der Waals surface area contributed by atoms with Crippen molar-refractivity contribution in [2.45, 2.75) is 6.92 Å². The van der Waals surface area contributed by atoms with Crippen molar-refractivity contribution in [1.82, 2.24) is 10.3 Å². The minimum absolute atomic E-state index is 0.115. The molecule has 2 amide bonds. The summed E-state index contributed by atoms with van der Waals surface area (Å²) in [6.45, 7) is 2.30. The molecule has 4 rings (SSSR count). The summed E-state index contributed by atoms with van der Waals surface area (Å²) < 4.78 is 10.6. The Morgan fingerprint density at radius 2 is 1.93 bits per heavy atom. The molecule has 28 heavy (non-hydrogen) atoms. The van der Waals surface area contributed by atoms with Crippen LogP contribution in [-0.2, 0) is 4.79 Å². The number of hydrogen-bond acceptors (Lipinski definition) is 5. The lowest BCUT2D eigenvalue weighted by atomic mass is 10.1. The maximum atomic E-state index is 12.4. The van der Waals surface area contributed by atoms with Gasteiger partial charge in [0.25, 0.3) is 5.91 Å². The lowest BCUT2D eigenvalue weighted by molar-refractivity contribution is -0.116. The minimum Gasteiger partial charge on any atom is -0.454 e. The van der Waals surface area contributed by atoms with Crippen LogP contribution in [0.5, 0.6) is 11.5 Å². The largest absolute Gasteiger partial charge is 0.454 e. The molecule has 0 saturated carbocycles. The first-order valence-corrected chi connectivity index (χ1v) is 8.93. The van der Waals surface area contributed by atoms with E-state index >= 15 is 0 Å². The maximum Gasteiger partial charge on any atom is 0.251 e. The van der Waals surface area contributed by atoms with Crippen LogP contribution in [0.15, 0.2) is 54.7 Å². The van der Waals surface area contributed by atoms with Gasteiger partial charge < -0.3 is 19.7 Å². The maximum absolute atomic E-state index is 12.4. The fraction of sp³-hybridized carbons (Fsp3) is 0.190. The molecule has 142 valence electrons. The van der Waals surface area contributed by atoms with E-state index in [-0.39, 0.29) is 18.6 Å². The minimum atomic E-state index is -0.238.